The second-order valence-electron chi connectivity index (χ2n) is 6.26. The van der Waals surface area contributed by atoms with E-state index in [-0.39, 0.29) is 10.6 Å². The zero-order valence-corrected chi connectivity index (χ0v) is 16.9. The zero-order valence-electron chi connectivity index (χ0n) is 16.1. The Hall–Kier alpha value is -3.32. The first-order valence-corrected chi connectivity index (χ1v) is 9.22. The standard InChI is InChI=1S/C21H19ClN2O5/c1-4-29-18-16(22)10-13(11-17(18)28-3)9-15-19(25)23-21(27)24(20(15)26)14-7-5-12(2)6-8-14/h5-11H,4H2,1-3H3,(H,23,25,27). The fraction of sp³-hybridized carbons (Fsp3) is 0.190. The molecule has 2 aromatic rings. The summed E-state index contributed by atoms with van der Waals surface area (Å²) >= 11 is 6.26. The molecule has 0 radical (unpaired) electrons. The third kappa shape index (κ3) is 4.09. The van der Waals surface area contributed by atoms with Crippen molar-refractivity contribution in [3.8, 4) is 11.5 Å². The van der Waals surface area contributed by atoms with E-state index in [2.05, 4.69) is 5.32 Å². The van der Waals surface area contributed by atoms with Crippen molar-refractivity contribution in [3.63, 3.8) is 0 Å². The average Bonchev–Trinajstić information content (AvgIpc) is 2.68. The molecule has 1 N–H and O–H groups in total. The number of hydrogen-bond donors (Lipinski definition) is 1. The van der Waals surface area contributed by atoms with Gasteiger partial charge < -0.3 is 9.47 Å². The zero-order chi connectivity index (χ0) is 21.1. The lowest BCUT2D eigenvalue weighted by Crippen LogP contribution is -2.54. The molecular formula is C21H19ClN2O5. The van der Waals surface area contributed by atoms with Crippen LogP contribution in [0.15, 0.2) is 42.0 Å². The van der Waals surface area contributed by atoms with Crippen LogP contribution in [0.1, 0.15) is 18.1 Å². The summed E-state index contributed by atoms with van der Waals surface area (Å²) in [6.45, 7) is 4.10. The third-order valence-electron chi connectivity index (χ3n) is 4.25. The maximum absolute atomic E-state index is 12.9. The highest BCUT2D eigenvalue weighted by Crippen LogP contribution is 2.37. The minimum Gasteiger partial charge on any atom is -0.493 e. The second-order valence-corrected chi connectivity index (χ2v) is 6.67. The summed E-state index contributed by atoms with van der Waals surface area (Å²) in [5, 5.41) is 2.46. The summed E-state index contributed by atoms with van der Waals surface area (Å²) in [4.78, 5) is 38.4. The van der Waals surface area contributed by atoms with Crippen LogP contribution in [0.3, 0.4) is 0 Å². The molecule has 3 rings (SSSR count). The lowest BCUT2D eigenvalue weighted by Gasteiger charge is -2.26. The summed E-state index contributed by atoms with van der Waals surface area (Å²) in [6, 6.07) is 9.16. The maximum atomic E-state index is 12.9. The fourth-order valence-corrected chi connectivity index (χ4v) is 3.13. The number of methoxy groups -OCH3 is 1. The molecule has 8 heteroatoms. The number of rotatable bonds is 5. The highest BCUT2D eigenvalue weighted by atomic mass is 35.5. The van der Waals surface area contributed by atoms with Gasteiger partial charge in [-0.15, -0.1) is 0 Å². The van der Waals surface area contributed by atoms with E-state index in [0.29, 0.717) is 29.4 Å². The van der Waals surface area contributed by atoms with Crippen LogP contribution >= 0.6 is 11.6 Å². The van der Waals surface area contributed by atoms with Crippen LogP contribution in [-0.4, -0.2) is 31.6 Å². The Bertz CT molecular complexity index is 1010. The topological polar surface area (TPSA) is 84.9 Å². The molecule has 150 valence electrons. The molecular weight excluding hydrogens is 396 g/mol. The molecule has 7 nitrogen and oxygen atoms in total. The van der Waals surface area contributed by atoms with Crippen molar-refractivity contribution in [2.24, 2.45) is 0 Å². The number of carbonyl (C=O) groups excluding carboxylic acids is 3. The smallest absolute Gasteiger partial charge is 0.335 e. The summed E-state index contributed by atoms with van der Waals surface area (Å²) in [5.74, 6) is -0.782. The van der Waals surface area contributed by atoms with Crippen LogP contribution in [0.25, 0.3) is 6.08 Å². The lowest BCUT2D eigenvalue weighted by molar-refractivity contribution is -0.122. The van der Waals surface area contributed by atoms with Gasteiger partial charge in [-0.05, 0) is 49.8 Å². The van der Waals surface area contributed by atoms with Gasteiger partial charge in [-0.2, -0.15) is 0 Å². The summed E-state index contributed by atoms with van der Waals surface area (Å²) in [7, 11) is 1.46. The van der Waals surface area contributed by atoms with Gasteiger partial charge in [0, 0.05) is 0 Å². The maximum Gasteiger partial charge on any atom is 0.335 e. The Morgan fingerprint density at radius 2 is 1.83 bits per heavy atom. The molecule has 29 heavy (non-hydrogen) atoms. The van der Waals surface area contributed by atoms with Gasteiger partial charge in [0.15, 0.2) is 11.5 Å². The number of carbonyl (C=O) groups is 3. The summed E-state index contributed by atoms with van der Waals surface area (Å²) < 4.78 is 10.8. The van der Waals surface area contributed by atoms with E-state index >= 15 is 0 Å². The first-order valence-electron chi connectivity index (χ1n) is 8.84. The van der Waals surface area contributed by atoms with Crippen molar-refractivity contribution in [3.05, 3.63) is 58.1 Å². The number of aryl methyl sites for hydroxylation is 1. The number of imide groups is 2. The van der Waals surface area contributed by atoms with Gasteiger partial charge in [0.25, 0.3) is 11.8 Å². The van der Waals surface area contributed by atoms with E-state index < -0.39 is 17.8 Å². The average molecular weight is 415 g/mol. The molecule has 0 bridgehead atoms. The second kappa shape index (κ2) is 8.36. The van der Waals surface area contributed by atoms with E-state index in [1.54, 1.807) is 36.4 Å². The monoisotopic (exact) mass is 414 g/mol. The number of ether oxygens (including phenoxy) is 2. The number of amides is 4. The Balaban J connectivity index is 2.02. The molecule has 0 aliphatic carbocycles. The molecule has 1 saturated heterocycles. The van der Waals surface area contributed by atoms with E-state index in [1.165, 1.54) is 13.2 Å². The van der Waals surface area contributed by atoms with E-state index in [9.17, 15) is 14.4 Å². The van der Waals surface area contributed by atoms with Gasteiger partial charge in [0.1, 0.15) is 5.57 Å². The predicted molar refractivity (Wildman–Crippen MR) is 109 cm³/mol. The predicted octanol–water partition coefficient (Wildman–Crippen LogP) is 3.72. The molecule has 0 unspecified atom stereocenters. The van der Waals surface area contributed by atoms with Crippen LogP contribution in [0.2, 0.25) is 5.02 Å². The van der Waals surface area contributed by atoms with Crippen LogP contribution in [-0.2, 0) is 9.59 Å². The van der Waals surface area contributed by atoms with Crippen molar-refractivity contribution >= 4 is 41.2 Å². The van der Waals surface area contributed by atoms with Crippen molar-refractivity contribution in [2.45, 2.75) is 13.8 Å². The van der Waals surface area contributed by atoms with Crippen molar-refractivity contribution in [2.75, 3.05) is 18.6 Å². The third-order valence-corrected chi connectivity index (χ3v) is 4.53. The lowest BCUT2D eigenvalue weighted by atomic mass is 10.1. The Morgan fingerprint density at radius 1 is 1.14 bits per heavy atom. The van der Waals surface area contributed by atoms with Gasteiger partial charge in [-0.1, -0.05) is 29.3 Å². The number of hydrogen-bond acceptors (Lipinski definition) is 5. The number of nitrogens with zero attached hydrogens (tertiary/aromatic N) is 1. The van der Waals surface area contributed by atoms with Gasteiger partial charge in [0.05, 0.1) is 24.4 Å². The van der Waals surface area contributed by atoms with E-state index in [1.807, 2.05) is 13.8 Å². The number of anilines is 1. The molecule has 1 aliphatic rings. The van der Waals surface area contributed by atoms with E-state index in [4.69, 9.17) is 21.1 Å². The summed E-state index contributed by atoms with van der Waals surface area (Å²) in [5.41, 5.74) is 1.58. The van der Waals surface area contributed by atoms with Crippen molar-refractivity contribution in [1.82, 2.24) is 5.32 Å². The molecule has 1 fully saturated rings. The van der Waals surface area contributed by atoms with Crippen molar-refractivity contribution in [1.29, 1.82) is 0 Å². The number of barbiturate groups is 1. The first-order chi connectivity index (χ1) is 13.8. The van der Waals surface area contributed by atoms with Gasteiger partial charge in [-0.25, -0.2) is 9.69 Å². The summed E-state index contributed by atoms with van der Waals surface area (Å²) in [6.07, 6.45) is 1.36. The molecule has 0 saturated carbocycles. The number of urea groups is 1. The van der Waals surface area contributed by atoms with Crippen LogP contribution in [0.4, 0.5) is 10.5 Å². The Labute approximate surface area is 172 Å². The Kier molecular flexibility index (Phi) is 5.89. The van der Waals surface area contributed by atoms with Crippen LogP contribution in [0.5, 0.6) is 11.5 Å². The Morgan fingerprint density at radius 3 is 2.45 bits per heavy atom. The van der Waals surface area contributed by atoms with Crippen molar-refractivity contribution < 1.29 is 23.9 Å². The van der Waals surface area contributed by atoms with Gasteiger partial charge in [-0.3, -0.25) is 14.9 Å². The minimum atomic E-state index is -0.802. The van der Waals surface area contributed by atoms with E-state index in [0.717, 1.165) is 10.5 Å². The molecule has 0 spiro atoms. The number of halogens is 1. The molecule has 4 amide bonds. The highest BCUT2D eigenvalue weighted by molar-refractivity contribution is 6.39. The molecule has 0 aromatic heterocycles. The fourth-order valence-electron chi connectivity index (χ4n) is 2.86. The SMILES string of the molecule is CCOc1c(Cl)cc(C=C2C(=O)NC(=O)N(c3ccc(C)cc3)C2=O)cc1OC. The van der Waals surface area contributed by atoms with Gasteiger partial charge >= 0.3 is 6.03 Å². The minimum absolute atomic E-state index is 0.201. The number of nitrogens with one attached hydrogen (secondary N) is 1. The normalized spacial score (nSPS) is 15.5. The first kappa shape index (κ1) is 20.4. The molecule has 2 aromatic carbocycles. The van der Waals surface area contributed by atoms with Gasteiger partial charge in [0.2, 0.25) is 0 Å². The largest absolute Gasteiger partial charge is 0.493 e. The molecule has 1 aliphatic heterocycles. The van der Waals surface area contributed by atoms with Crippen LogP contribution in [0, 0.1) is 6.92 Å². The highest BCUT2D eigenvalue weighted by Gasteiger charge is 2.36. The van der Waals surface area contributed by atoms with Crippen LogP contribution < -0.4 is 19.7 Å². The quantitative estimate of drug-likeness (QED) is 0.595. The molecule has 0 atom stereocenters. The molecule has 1 heterocycles. The number of benzene rings is 2.